The van der Waals surface area contributed by atoms with E-state index in [1.807, 2.05) is 0 Å². The number of amides is 1. The Morgan fingerprint density at radius 3 is 2.71 bits per heavy atom. The van der Waals surface area contributed by atoms with Gasteiger partial charge in [-0.05, 0) is 0 Å². The summed E-state index contributed by atoms with van der Waals surface area (Å²) in [7, 11) is -4.65. The number of thiol groups is 2. The third kappa shape index (κ3) is 3.64. The minimum atomic E-state index is -4.65. The van der Waals surface area contributed by atoms with Crippen LogP contribution in [0.2, 0.25) is 0 Å². The Hall–Kier alpha value is -0.630. The number of aliphatic imine (C=N–C) groups is 1. The van der Waals surface area contributed by atoms with Gasteiger partial charge < -0.3 is 25.2 Å². The normalized spacial score (nSPS) is 36.3. The van der Waals surface area contributed by atoms with Gasteiger partial charge in [-0.1, -0.05) is 0 Å². The van der Waals surface area contributed by atoms with E-state index in [4.69, 9.17) is 20.3 Å². The van der Waals surface area contributed by atoms with Gasteiger partial charge in [0, 0.05) is 9.81 Å². The van der Waals surface area contributed by atoms with Crippen LogP contribution in [0.1, 0.15) is 0 Å². The van der Waals surface area contributed by atoms with Crippen LogP contribution in [0.3, 0.4) is 0 Å². The van der Waals surface area contributed by atoms with Crippen molar-refractivity contribution in [3.63, 3.8) is 0 Å². The Morgan fingerprint density at radius 1 is 1.33 bits per heavy atom. The van der Waals surface area contributed by atoms with Crippen LogP contribution in [0.15, 0.2) is 14.8 Å². The first kappa shape index (κ1) is 18.2. The number of rotatable bonds is 3. The monoisotopic (exact) mass is 397 g/mol. The van der Waals surface area contributed by atoms with E-state index in [9.17, 15) is 9.36 Å². The molecule has 0 saturated carbocycles. The number of phosphoric ester groups is 1. The van der Waals surface area contributed by atoms with E-state index in [0.717, 1.165) is 0 Å². The van der Waals surface area contributed by atoms with Gasteiger partial charge in [0.25, 0.3) is 0 Å². The molecule has 0 bridgehead atoms. The molecule has 0 aromatic carbocycles. The maximum Gasteiger partial charge on any atom is 0.469 e. The molecule has 0 aromatic rings. The minimum Gasteiger partial charge on any atom is -0.344 e. The number of amidine groups is 1. The molecule has 24 heavy (non-hydrogen) atoms. The zero-order chi connectivity index (χ0) is 17.6. The fourth-order valence-electron chi connectivity index (χ4n) is 2.54. The number of nitrogens with two attached hydrogens (primary N) is 1. The lowest BCUT2D eigenvalue weighted by atomic mass is 10.0. The fourth-order valence-corrected chi connectivity index (χ4v) is 3.49. The quantitative estimate of drug-likeness (QED) is 0.191. The average Bonchev–Trinajstić information content (AvgIpc) is 2.47. The van der Waals surface area contributed by atoms with Crippen LogP contribution in [0.5, 0.6) is 0 Å². The predicted molar refractivity (Wildman–Crippen MR) is 89.1 cm³/mol. The molecule has 14 heteroatoms. The topological polar surface area (TPSA) is 168 Å². The average molecular weight is 397 g/mol. The van der Waals surface area contributed by atoms with Crippen molar-refractivity contribution in [3.8, 4) is 0 Å². The van der Waals surface area contributed by atoms with Crippen molar-refractivity contribution in [2.45, 2.75) is 30.7 Å². The number of phosphoric acid groups is 1. The number of hydrogen-bond acceptors (Lipinski definition) is 10. The van der Waals surface area contributed by atoms with E-state index in [2.05, 4.69) is 50.7 Å². The number of hydrogen-bond donors (Lipinski definition) is 8. The summed E-state index contributed by atoms with van der Waals surface area (Å²) in [6, 6.07) is -1.27. The fraction of sp³-hybridized carbons (Fsp3) is 0.600. The van der Waals surface area contributed by atoms with Crippen LogP contribution >= 0.6 is 33.1 Å². The maximum atomic E-state index is 12.0. The number of fused-ring (bicyclic) bond motifs is 2. The van der Waals surface area contributed by atoms with Gasteiger partial charge in [-0.25, -0.2) is 9.56 Å². The zero-order valence-electron chi connectivity index (χ0n) is 12.0. The minimum absolute atomic E-state index is 0.311. The van der Waals surface area contributed by atoms with Crippen molar-refractivity contribution >= 4 is 44.8 Å². The van der Waals surface area contributed by atoms with Gasteiger partial charge in [-0.3, -0.25) is 20.4 Å². The number of carbonyl (C=O) groups is 1. The van der Waals surface area contributed by atoms with E-state index >= 15 is 0 Å². The number of nitrogens with zero attached hydrogens (tertiary/aromatic N) is 1. The molecule has 7 N–H and O–H groups in total. The van der Waals surface area contributed by atoms with Crippen LogP contribution in [-0.2, 0) is 18.6 Å². The lowest BCUT2D eigenvalue weighted by Gasteiger charge is -2.43. The van der Waals surface area contributed by atoms with Crippen LogP contribution in [0.25, 0.3) is 0 Å². The van der Waals surface area contributed by atoms with Gasteiger partial charge >= 0.3 is 7.82 Å². The van der Waals surface area contributed by atoms with Crippen molar-refractivity contribution in [1.82, 2.24) is 16.0 Å². The predicted octanol–water partition coefficient (Wildman–Crippen LogP) is -2.41. The molecule has 3 aliphatic heterocycles. The smallest absolute Gasteiger partial charge is 0.344 e. The van der Waals surface area contributed by atoms with Crippen molar-refractivity contribution in [2.24, 2.45) is 10.7 Å². The molecule has 0 aromatic heterocycles. The van der Waals surface area contributed by atoms with Gasteiger partial charge in [0.2, 0.25) is 5.91 Å². The van der Waals surface area contributed by atoms with Gasteiger partial charge in [-0.15, -0.1) is 25.3 Å². The number of carbonyl (C=O) groups excluding carboxylic acids is 1. The molecule has 3 heterocycles. The molecular formula is C10H16N5O6PS2. The van der Waals surface area contributed by atoms with Crippen LogP contribution in [-0.4, -0.2) is 58.8 Å². The van der Waals surface area contributed by atoms with E-state index in [1.54, 1.807) is 0 Å². The molecule has 134 valence electrons. The number of nitrogens with one attached hydrogen (secondary N) is 3. The molecular weight excluding hydrogens is 381 g/mol. The lowest BCUT2D eigenvalue weighted by Crippen LogP contribution is -2.73. The highest BCUT2D eigenvalue weighted by atomic mass is 32.1. The summed E-state index contributed by atoms with van der Waals surface area (Å²) in [6.07, 6.45) is -2.41. The molecule has 1 saturated heterocycles. The highest BCUT2D eigenvalue weighted by Gasteiger charge is 2.45. The second-order valence-electron chi connectivity index (χ2n) is 5.29. The van der Waals surface area contributed by atoms with Crippen molar-refractivity contribution in [3.05, 3.63) is 9.81 Å². The summed E-state index contributed by atoms with van der Waals surface area (Å²) >= 11 is 8.65. The Balaban J connectivity index is 1.83. The van der Waals surface area contributed by atoms with Crippen LogP contribution in [0, 0.1) is 0 Å². The Morgan fingerprint density at radius 2 is 2.04 bits per heavy atom. The zero-order valence-corrected chi connectivity index (χ0v) is 14.7. The maximum absolute atomic E-state index is 12.0. The molecule has 11 nitrogen and oxygen atoms in total. The molecule has 0 spiro atoms. The summed E-state index contributed by atoms with van der Waals surface area (Å²) in [5.74, 6) is -0.0295. The van der Waals surface area contributed by atoms with Crippen LogP contribution in [0.4, 0.5) is 0 Å². The first-order valence-electron chi connectivity index (χ1n) is 6.79. The second kappa shape index (κ2) is 6.59. The summed E-state index contributed by atoms with van der Waals surface area (Å²) in [4.78, 5) is 34.7. The third-order valence-electron chi connectivity index (χ3n) is 3.59. The lowest BCUT2D eigenvalue weighted by molar-refractivity contribution is -0.124. The van der Waals surface area contributed by atoms with Gasteiger partial charge in [0.15, 0.2) is 12.5 Å². The number of ether oxygens (including phenoxy) is 1. The van der Waals surface area contributed by atoms with E-state index in [1.165, 1.54) is 0 Å². The molecule has 3 rings (SSSR count). The third-order valence-corrected chi connectivity index (χ3v) is 5.30. The van der Waals surface area contributed by atoms with Gasteiger partial charge in [0.1, 0.15) is 18.0 Å². The molecule has 3 aliphatic rings. The summed E-state index contributed by atoms with van der Waals surface area (Å²) < 4.78 is 21.0. The Labute approximate surface area is 147 Å². The van der Waals surface area contributed by atoms with Gasteiger partial charge in [0.05, 0.1) is 12.6 Å². The standard InChI is InChI=1S/C10H16N5O6PS2/c11-10-14-7-4(8(16)15-10)12-3-6(24)5(23)2(21-9(3)13-7)1-20-22(17,18)19/h2-4,9-10,12,23-24H,1,11H2,(H,13,14)(H,15,16)(H2,17,18,19)/t2-,3+,4?,9-,10?/m1/s1. The highest BCUT2D eigenvalue weighted by molar-refractivity contribution is 7.88. The second-order valence-corrected chi connectivity index (χ2v) is 7.50. The van der Waals surface area contributed by atoms with Crippen molar-refractivity contribution in [2.75, 3.05) is 6.61 Å². The Bertz CT molecular complexity index is 668. The SMILES string of the molecule is NC1NC(=O)C2N[C@H]3C(S)=C(S)[C@@H](COP(=O)(O)O)O[C@H]3N=C2N1. The summed E-state index contributed by atoms with van der Waals surface area (Å²) in [5, 5.41) is 8.38. The van der Waals surface area contributed by atoms with E-state index < -0.39 is 45.1 Å². The van der Waals surface area contributed by atoms with Crippen molar-refractivity contribution in [1.29, 1.82) is 0 Å². The molecule has 1 fully saturated rings. The Kier molecular flexibility index (Phi) is 4.99. The summed E-state index contributed by atoms with van der Waals surface area (Å²) in [6.45, 7) is -0.419. The van der Waals surface area contributed by atoms with E-state index in [0.29, 0.717) is 15.6 Å². The molecule has 1 amide bonds. The largest absolute Gasteiger partial charge is 0.469 e. The van der Waals surface area contributed by atoms with E-state index in [-0.39, 0.29) is 5.91 Å². The summed E-state index contributed by atoms with van der Waals surface area (Å²) in [5.41, 5.74) is 5.64. The molecule has 0 radical (unpaired) electrons. The first-order chi connectivity index (χ1) is 11.2. The van der Waals surface area contributed by atoms with Gasteiger partial charge in [-0.2, -0.15) is 0 Å². The highest BCUT2D eigenvalue weighted by Crippen LogP contribution is 2.39. The molecule has 0 aliphatic carbocycles. The molecule has 2 unspecified atom stereocenters. The molecule has 5 atom stereocenters. The van der Waals surface area contributed by atoms with Crippen LogP contribution < -0.4 is 21.7 Å². The van der Waals surface area contributed by atoms with Crippen molar-refractivity contribution < 1.29 is 28.4 Å². The first-order valence-corrected chi connectivity index (χ1v) is 9.22.